The molecule has 0 amide bonds. The minimum atomic E-state index is 0.515. The summed E-state index contributed by atoms with van der Waals surface area (Å²) < 4.78 is 13.9. The van der Waals surface area contributed by atoms with Crippen LogP contribution < -0.4 is 0 Å². The highest BCUT2D eigenvalue weighted by Gasteiger charge is 2.30. The van der Waals surface area contributed by atoms with Crippen LogP contribution in [-0.4, -0.2) is 37.0 Å². The minimum Gasteiger partial charge on any atom is -0.318 e. The number of imidazole rings is 4. The van der Waals surface area contributed by atoms with Gasteiger partial charge in [-0.05, 0) is 142 Å². The van der Waals surface area contributed by atoms with Gasteiger partial charge >= 0.3 is 0 Å². The van der Waals surface area contributed by atoms with Crippen molar-refractivity contribution in [2.24, 2.45) is 0 Å². The lowest BCUT2D eigenvalue weighted by molar-refractivity contribution is 1.11. The van der Waals surface area contributed by atoms with Crippen molar-refractivity contribution in [1.29, 1.82) is 0 Å². The van der Waals surface area contributed by atoms with E-state index in [1.807, 2.05) is 0 Å². The highest BCUT2D eigenvalue weighted by molar-refractivity contribution is 6.14. The molecule has 0 N–H and O–H groups in total. The fraction of sp³-hybridized carbons (Fsp3) is 0. The third kappa shape index (κ3) is 7.18. The Morgan fingerprint density at radius 2 is 0.656 bits per heavy atom. The molecule has 90 heavy (non-hydrogen) atoms. The number of benzene rings is 13. The summed E-state index contributed by atoms with van der Waals surface area (Å²) in [5, 5.41) is 4.46. The van der Waals surface area contributed by atoms with Crippen LogP contribution in [0, 0.1) is 6.57 Å². The van der Waals surface area contributed by atoms with Crippen molar-refractivity contribution in [2.75, 3.05) is 0 Å². The molecule has 0 unspecified atom stereocenters. The van der Waals surface area contributed by atoms with Gasteiger partial charge in [-0.1, -0.05) is 194 Å². The molecule has 418 valence electrons. The molecular formula is C81H49N9. The van der Waals surface area contributed by atoms with Crippen LogP contribution in [0.2, 0.25) is 0 Å². The summed E-state index contributed by atoms with van der Waals surface area (Å²) in [5.74, 6) is 1.61. The van der Waals surface area contributed by atoms with Gasteiger partial charge < -0.3 is 9.13 Å². The zero-order chi connectivity index (χ0) is 59.1. The van der Waals surface area contributed by atoms with Gasteiger partial charge in [0.1, 0.15) is 0 Å². The molecule has 0 aliphatic rings. The summed E-state index contributed by atoms with van der Waals surface area (Å²) >= 11 is 0. The third-order valence-corrected chi connectivity index (χ3v) is 18.4. The molecule has 0 aliphatic heterocycles. The highest BCUT2D eigenvalue weighted by Crippen LogP contribution is 2.51. The average molecular weight is 1150 g/mol. The minimum absolute atomic E-state index is 0.515. The van der Waals surface area contributed by atoms with Gasteiger partial charge in [0.15, 0.2) is 0 Å². The fourth-order valence-corrected chi connectivity index (χ4v) is 14.5. The van der Waals surface area contributed by atoms with Gasteiger partial charge in [-0.2, -0.15) is 0 Å². The molecule has 9 heteroatoms. The van der Waals surface area contributed by atoms with Crippen LogP contribution in [0.4, 0.5) is 5.69 Å². The summed E-state index contributed by atoms with van der Waals surface area (Å²) in [6.07, 6.45) is 0. The van der Waals surface area contributed by atoms with Crippen molar-refractivity contribution in [3.05, 3.63) is 309 Å². The van der Waals surface area contributed by atoms with E-state index in [-0.39, 0.29) is 0 Å². The predicted molar refractivity (Wildman–Crippen MR) is 369 cm³/mol. The van der Waals surface area contributed by atoms with Crippen LogP contribution in [0.15, 0.2) is 297 Å². The molecule has 0 radical (unpaired) electrons. The zero-order valence-electron chi connectivity index (χ0n) is 48.3. The fourth-order valence-electron chi connectivity index (χ4n) is 14.5. The summed E-state index contributed by atoms with van der Waals surface area (Å²) in [6.45, 7) is 9.92. The molecule has 6 aromatic heterocycles. The van der Waals surface area contributed by atoms with Gasteiger partial charge in [0.25, 0.3) is 0 Å². The molecule has 0 aliphatic carbocycles. The summed E-state index contributed by atoms with van der Waals surface area (Å²) in [7, 11) is 0. The highest BCUT2D eigenvalue weighted by atomic mass is 15.2. The van der Waals surface area contributed by atoms with Gasteiger partial charge in [-0.25, -0.2) is 14.8 Å². The molecule has 6 heterocycles. The maximum atomic E-state index is 9.92. The van der Waals surface area contributed by atoms with Crippen molar-refractivity contribution >= 4 is 105 Å². The Bertz CT molecular complexity index is 6100. The van der Waals surface area contributed by atoms with E-state index in [2.05, 4.69) is 324 Å². The molecule has 0 saturated carbocycles. The second-order valence-corrected chi connectivity index (χ2v) is 23.2. The average Bonchev–Trinajstić information content (AvgIpc) is 1.51. The largest absolute Gasteiger partial charge is 0.318 e. The van der Waals surface area contributed by atoms with E-state index in [0.717, 1.165) is 167 Å². The number of aromatic nitrogens is 8. The van der Waals surface area contributed by atoms with Crippen LogP contribution in [0.25, 0.3) is 171 Å². The monoisotopic (exact) mass is 1150 g/mol. The Labute approximate surface area is 515 Å². The molecule has 13 aromatic carbocycles. The number of nitrogens with zero attached hydrogens (tertiary/aromatic N) is 9. The lowest BCUT2D eigenvalue weighted by Gasteiger charge is -2.23. The molecule has 0 fully saturated rings. The maximum absolute atomic E-state index is 9.92. The van der Waals surface area contributed by atoms with E-state index in [4.69, 9.17) is 14.8 Å². The lowest BCUT2D eigenvalue weighted by Crippen LogP contribution is -2.04. The Kier molecular flexibility index (Phi) is 10.6. The Balaban J connectivity index is 0.961. The summed E-state index contributed by atoms with van der Waals surface area (Å²) in [4.78, 5) is 15.9. The van der Waals surface area contributed by atoms with E-state index < -0.39 is 0 Å². The van der Waals surface area contributed by atoms with Crippen molar-refractivity contribution in [3.63, 3.8) is 0 Å². The first kappa shape index (κ1) is 49.7. The molecule has 19 rings (SSSR count). The van der Waals surface area contributed by atoms with Crippen LogP contribution in [0.5, 0.6) is 0 Å². The number of hydrogen-bond donors (Lipinski definition) is 0. The summed E-state index contributed by atoms with van der Waals surface area (Å²) in [6, 6.07) is 106. The van der Waals surface area contributed by atoms with Crippen LogP contribution >= 0.6 is 0 Å². The quantitative estimate of drug-likeness (QED) is 0.142. The van der Waals surface area contributed by atoms with Crippen molar-refractivity contribution in [2.45, 2.75) is 0 Å². The van der Waals surface area contributed by atoms with Gasteiger partial charge in [-0.15, -0.1) is 0 Å². The molecule has 0 atom stereocenters. The normalized spacial score (nSPS) is 12.0. The SMILES string of the molecule is [C-]#[N+]c1c(-c2ccc3nc4n(-c5ccccc5)c5ccc(-c6ccccc6)cc5n4c3c2)c(-n2c3ccccc3c3ccccc32)cc(-c2ccc3nc4n(-c5ccccc5)c5ccc(-c6ccccc6)cc5n4c3c2)c1-n1c2ccccc2c2ccccc21. The Morgan fingerprint density at radius 1 is 0.278 bits per heavy atom. The molecule has 0 bridgehead atoms. The first-order valence-electron chi connectivity index (χ1n) is 30.3. The molecule has 0 saturated heterocycles. The lowest BCUT2D eigenvalue weighted by atomic mass is 9.92. The predicted octanol–water partition coefficient (Wildman–Crippen LogP) is 20.6. The van der Waals surface area contributed by atoms with E-state index in [9.17, 15) is 6.57 Å². The molecule has 19 aromatic rings. The standard InChI is InChI=1S/C81H49N9/c1-82-78-77(56-39-43-65-73(49-56)90-75-47-54(52-24-8-3-9-25-52)41-45-71(75)86(81(90)84-65)58-28-12-5-13-29-58)76(87-66-34-18-14-30-59(66)60-31-15-19-35-67(60)87)50-63(79(78)88-68-36-20-16-32-61(68)62-33-17-21-37-69(62)88)55-38-42-64-72(48-55)89-74-46-53(51-22-6-2-7-23-51)40-44-70(74)85(80(89)83-64)57-26-10-4-11-27-57/h2-50H. The number of hydrogen-bond acceptors (Lipinski definition) is 2. The third-order valence-electron chi connectivity index (χ3n) is 18.4. The van der Waals surface area contributed by atoms with E-state index in [0.29, 0.717) is 5.69 Å². The van der Waals surface area contributed by atoms with Crippen molar-refractivity contribution in [3.8, 4) is 67.3 Å². The topological polar surface area (TPSA) is 58.7 Å². The first-order valence-corrected chi connectivity index (χ1v) is 30.3. The number of fused-ring (bicyclic) bond motifs is 16. The van der Waals surface area contributed by atoms with Crippen LogP contribution in [0.1, 0.15) is 0 Å². The number of para-hydroxylation sites is 6. The van der Waals surface area contributed by atoms with E-state index >= 15 is 0 Å². The number of rotatable bonds is 8. The van der Waals surface area contributed by atoms with E-state index in [1.54, 1.807) is 0 Å². The molecular weight excluding hydrogens is 1100 g/mol. The first-order chi connectivity index (χ1) is 44.6. The Hall–Kier alpha value is -12.5. The molecule has 0 spiro atoms. The summed E-state index contributed by atoms with van der Waals surface area (Å²) in [5.41, 5.74) is 24.0. The Morgan fingerprint density at radius 3 is 1.11 bits per heavy atom. The van der Waals surface area contributed by atoms with Crippen LogP contribution in [-0.2, 0) is 0 Å². The maximum Gasteiger partial charge on any atom is 0.220 e. The van der Waals surface area contributed by atoms with Gasteiger partial charge in [-0.3, -0.25) is 17.9 Å². The van der Waals surface area contributed by atoms with Gasteiger partial charge in [0, 0.05) is 44.2 Å². The van der Waals surface area contributed by atoms with Crippen molar-refractivity contribution < 1.29 is 0 Å². The second-order valence-electron chi connectivity index (χ2n) is 23.2. The second kappa shape index (κ2) is 19.2. The van der Waals surface area contributed by atoms with Gasteiger partial charge in [0.05, 0.1) is 78.5 Å². The molecule has 9 nitrogen and oxygen atoms in total. The smallest absolute Gasteiger partial charge is 0.220 e. The van der Waals surface area contributed by atoms with Crippen LogP contribution in [0.3, 0.4) is 0 Å². The van der Waals surface area contributed by atoms with Crippen molar-refractivity contribution in [1.82, 2.24) is 37.0 Å². The zero-order valence-corrected chi connectivity index (χ0v) is 48.3. The van der Waals surface area contributed by atoms with E-state index in [1.165, 1.54) is 0 Å². The van der Waals surface area contributed by atoms with Gasteiger partial charge in [0.2, 0.25) is 17.2 Å².